The standard InChI is InChI=1S/C16H22F3N3O3S/c1-15(2,3)11-8-26-12(21-11)4-5-20-14(25)22-6-9(13(23)24)10(7-22)16(17,18)19/h8-10H,4-7H2,1-3H3,(H,20,25)(H,23,24)/t9-,10-/m1/s1. The van der Waals surface area contributed by atoms with Crippen LogP contribution in [-0.2, 0) is 16.6 Å². The molecule has 1 saturated heterocycles. The van der Waals surface area contributed by atoms with E-state index >= 15 is 0 Å². The fourth-order valence-corrected chi connectivity index (χ4v) is 3.73. The van der Waals surface area contributed by atoms with E-state index in [9.17, 15) is 22.8 Å². The summed E-state index contributed by atoms with van der Waals surface area (Å²) < 4.78 is 38.9. The third-order valence-electron chi connectivity index (χ3n) is 4.28. The fraction of sp³-hybridized carbons (Fsp3) is 0.688. The van der Waals surface area contributed by atoms with E-state index < -0.39 is 43.1 Å². The van der Waals surface area contributed by atoms with Gasteiger partial charge in [0.1, 0.15) is 0 Å². The minimum Gasteiger partial charge on any atom is -0.481 e. The van der Waals surface area contributed by atoms with Gasteiger partial charge >= 0.3 is 18.2 Å². The normalized spacial score (nSPS) is 21.1. The number of carbonyl (C=O) groups is 2. The molecule has 6 nitrogen and oxygen atoms in total. The van der Waals surface area contributed by atoms with E-state index in [1.54, 1.807) is 0 Å². The third kappa shape index (κ3) is 4.87. The third-order valence-corrected chi connectivity index (χ3v) is 5.19. The Labute approximate surface area is 153 Å². The molecule has 10 heteroatoms. The highest BCUT2D eigenvalue weighted by Gasteiger charge is 2.53. The lowest BCUT2D eigenvalue weighted by molar-refractivity contribution is -0.187. The average Bonchev–Trinajstić information content (AvgIpc) is 3.13. The molecule has 0 bridgehead atoms. The molecule has 2 heterocycles. The van der Waals surface area contributed by atoms with Gasteiger partial charge in [0.15, 0.2) is 0 Å². The smallest absolute Gasteiger partial charge is 0.394 e. The zero-order valence-electron chi connectivity index (χ0n) is 14.8. The molecule has 2 amide bonds. The van der Waals surface area contributed by atoms with E-state index in [0.29, 0.717) is 6.42 Å². The highest BCUT2D eigenvalue weighted by atomic mass is 32.1. The highest BCUT2D eigenvalue weighted by molar-refractivity contribution is 7.09. The van der Waals surface area contributed by atoms with Crippen LogP contribution in [0.5, 0.6) is 0 Å². The molecule has 0 aromatic carbocycles. The second-order valence-corrected chi connectivity index (χ2v) is 8.30. The van der Waals surface area contributed by atoms with Crippen molar-refractivity contribution in [2.75, 3.05) is 19.6 Å². The summed E-state index contributed by atoms with van der Waals surface area (Å²) in [5, 5.41) is 14.3. The lowest BCUT2D eigenvalue weighted by Gasteiger charge is -2.18. The average molecular weight is 393 g/mol. The van der Waals surface area contributed by atoms with E-state index in [-0.39, 0.29) is 12.0 Å². The molecular weight excluding hydrogens is 371 g/mol. The van der Waals surface area contributed by atoms with Crippen LogP contribution in [0, 0.1) is 11.8 Å². The van der Waals surface area contributed by atoms with Crippen molar-refractivity contribution in [3.05, 3.63) is 16.1 Å². The topological polar surface area (TPSA) is 82.5 Å². The molecule has 2 atom stereocenters. The summed E-state index contributed by atoms with van der Waals surface area (Å²) in [6, 6.07) is -0.685. The van der Waals surface area contributed by atoms with Crippen molar-refractivity contribution in [2.24, 2.45) is 11.8 Å². The van der Waals surface area contributed by atoms with Gasteiger partial charge in [0.25, 0.3) is 0 Å². The van der Waals surface area contributed by atoms with Crippen molar-refractivity contribution in [2.45, 2.75) is 38.8 Å². The van der Waals surface area contributed by atoms with Gasteiger partial charge in [-0.05, 0) is 0 Å². The number of likely N-dealkylation sites (tertiary alicyclic amines) is 1. The second kappa shape index (κ2) is 7.42. The summed E-state index contributed by atoms with van der Waals surface area (Å²) in [4.78, 5) is 28.5. The van der Waals surface area contributed by atoms with Crippen molar-refractivity contribution >= 4 is 23.3 Å². The quantitative estimate of drug-likeness (QED) is 0.824. The monoisotopic (exact) mass is 393 g/mol. The van der Waals surface area contributed by atoms with Crippen molar-refractivity contribution in [3.8, 4) is 0 Å². The van der Waals surface area contributed by atoms with E-state index in [4.69, 9.17) is 5.11 Å². The summed E-state index contributed by atoms with van der Waals surface area (Å²) in [6.45, 7) is 5.25. The van der Waals surface area contributed by atoms with Crippen LogP contribution in [0.15, 0.2) is 5.38 Å². The Kier molecular flexibility index (Phi) is 5.84. The molecule has 2 N–H and O–H groups in total. The Morgan fingerprint density at radius 2 is 2.00 bits per heavy atom. The minimum atomic E-state index is -4.65. The lowest BCUT2D eigenvalue weighted by atomic mass is 9.93. The van der Waals surface area contributed by atoms with Crippen LogP contribution < -0.4 is 5.32 Å². The molecule has 1 aliphatic rings. The van der Waals surface area contributed by atoms with Gasteiger partial charge in [0.2, 0.25) is 0 Å². The van der Waals surface area contributed by atoms with Gasteiger partial charge < -0.3 is 15.3 Å². The van der Waals surface area contributed by atoms with E-state index in [2.05, 4.69) is 10.3 Å². The van der Waals surface area contributed by atoms with Gasteiger partial charge in [0, 0.05) is 36.9 Å². The van der Waals surface area contributed by atoms with Crippen LogP contribution in [0.2, 0.25) is 0 Å². The van der Waals surface area contributed by atoms with Crippen LogP contribution in [-0.4, -0.2) is 52.8 Å². The van der Waals surface area contributed by atoms with Crippen molar-refractivity contribution in [1.82, 2.24) is 15.2 Å². The number of carboxylic acid groups (broad SMARTS) is 1. The lowest BCUT2D eigenvalue weighted by Crippen LogP contribution is -2.40. The largest absolute Gasteiger partial charge is 0.481 e. The molecule has 0 unspecified atom stereocenters. The Bertz CT molecular complexity index is 670. The number of thiazole rings is 1. The van der Waals surface area contributed by atoms with Crippen molar-refractivity contribution in [1.29, 1.82) is 0 Å². The molecule has 0 radical (unpaired) electrons. The number of hydrogen-bond donors (Lipinski definition) is 2. The summed E-state index contributed by atoms with van der Waals surface area (Å²) >= 11 is 1.47. The number of nitrogens with one attached hydrogen (secondary N) is 1. The number of alkyl halides is 3. The van der Waals surface area contributed by atoms with Gasteiger partial charge in [-0.2, -0.15) is 13.2 Å². The van der Waals surface area contributed by atoms with Crippen LogP contribution >= 0.6 is 11.3 Å². The first-order valence-corrected chi connectivity index (χ1v) is 9.04. The molecule has 0 spiro atoms. The molecule has 1 aromatic rings. The zero-order valence-corrected chi connectivity index (χ0v) is 15.6. The molecule has 146 valence electrons. The molecule has 0 aliphatic carbocycles. The molecule has 1 fully saturated rings. The number of halogens is 3. The number of urea groups is 1. The highest BCUT2D eigenvalue weighted by Crippen LogP contribution is 2.37. The predicted octanol–water partition coefficient (Wildman–Crippen LogP) is 2.89. The number of aliphatic carboxylic acids is 1. The first kappa shape index (κ1) is 20.5. The Hall–Kier alpha value is -1.84. The van der Waals surface area contributed by atoms with Gasteiger partial charge in [-0.25, -0.2) is 9.78 Å². The van der Waals surface area contributed by atoms with E-state index in [1.165, 1.54) is 11.3 Å². The van der Waals surface area contributed by atoms with Gasteiger partial charge in [-0.3, -0.25) is 4.79 Å². The molecule has 0 saturated carbocycles. The van der Waals surface area contributed by atoms with Crippen molar-refractivity contribution < 1.29 is 27.9 Å². The number of nitrogens with zero attached hydrogens (tertiary/aromatic N) is 2. The Morgan fingerprint density at radius 1 is 1.35 bits per heavy atom. The Morgan fingerprint density at radius 3 is 2.46 bits per heavy atom. The maximum Gasteiger partial charge on any atom is 0.394 e. The van der Waals surface area contributed by atoms with Gasteiger partial charge in [-0.1, -0.05) is 20.8 Å². The number of rotatable bonds is 4. The zero-order chi connectivity index (χ0) is 19.7. The summed E-state index contributed by atoms with van der Waals surface area (Å²) in [5.74, 6) is -5.21. The summed E-state index contributed by atoms with van der Waals surface area (Å²) in [6.07, 6.45) is -4.19. The van der Waals surface area contributed by atoms with E-state index in [0.717, 1.165) is 15.6 Å². The maximum atomic E-state index is 13.0. The number of carboxylic acids is 1. The minimum absolute atomic E-state index is 0.0774. The van der Waals surface area contributed by atoms with Crippen LogP contribution in [0.3, 0.4) is 0 Å². The first-order valence-electron chi connectivity index (χ1n) is 8.16. The van der Waals surface area contributed by atoms with Crippen LogP contribution in [0.1, 0.15) is 31.5 Å². The summed E-state index contributed by atoms with van der Waals surface area (Å²) in [5.41, 5.74) is 0.868. The molecule has 1 aliphatic heterocycles. The van der Waals surface area contributed by atoms with Crippen LogP contribution in [0.4, 0.5) is 18.0 Å². The first-order chi connectivity index (χ1) is 11.9. The number of hydrogen-bond acceptors (Lipinski definition) is 4. The van der Waals surface area contributed by atoms with E-state index in [1.807, 2.05) is 26.2 Å². The number of amides is 2. The van der Waals surface area contributed by atoms with Crippen molar-refractivity contribution in [3.63, 3.8) is 0 Å². The molecule has 26 heavy (non-hydrogen) atoms. The van der Waals surface area contributed by atoms with Crippen LogP contribution in [0.25, 0.3) is 0 Å². The molecule has 2 rings (SSSR count). The SMILES string of the molecule is CC(C)(C)c1csc(CCNC(=O)N2C[C@@H](C(F)(F)F)[C@H](C(=O)O)C2)n1. The second-order valence-electron chi connectivity index (χ2n) is 7.36. The maximum absolute atomic E-state index is 13.0. The molecular formula is C16H22F3N3O3S. The molecule has 1 aromatic heterocycles. The summed E-state index contributed by atoms with van der Waals surface area (Å²) in [7, 11) is 0. The number of aromatic nitrogens is 1. The fourth-order valence-electron chi connectivity index (χ4n) is 2.71. The van der Waals surface area contributed by atoms with Gasteiger partial charge in [0.05, 0.1) is 22.5 Å². The predicted molar refractivity (Wildman–Crippen MR) is 90.2 cm³/mol. The Balaban J connectivity index is 1.88. The van der Waals surface area contributed by atoms with Gasteiger partial charge in [-0.15, -0.1) is 11.3 Å². The number of carbonyl (C=O) groups excluding carboxylic acids is 1.